The van der Waals surface area contributed by atoms with Crippen LogP contribution in [0.4, 0.5) is 0 Å². The second-order valence-corrected chi connectivity index (χ2v) is 14.4. The lowest BCUT2D eigenvalue weighted by Crippen LogP contribution is -2.14. The van der Waals surface area contributed by atoms with Gasteiger partial charge < -0.3 is 20.4 Å². The molecule has 4 aromatic carbocycles. The molecule has 4 aromatic rings. The number of aromatic hydroxyl groups is 4. The number of rotatable bonds is 0. The molecule has 0 amide bonds. The minimum atomic E-state index is -0.287. The van der Waals surface area contributed by atoms with Crippen LogP contribution >= 0.6 is 0 Å². The summed E-state index contributed by atoms with van der Waals surface area (Å²) in [5.74, 6) is 1.05. The molecule has 0 saturated heterocycles. The highest BCUT2D eigenvalue weighted by Crippen LogP contribution is 2.41. The molecule has 0 unspecified atom stereocenters. The number of hydrogen-bond donors (Lipinski definition) is 4. The molecule has 0 heterocycles. The molecule has 0 spiro atoms. The fourth-order valence-corrected chi connectivity index (χ4v) is 6.36. The number of hydrogen-bond acceptors (Lipinski definition) is 4. The Morgan fingerprint density at radius 2 is 0.690 bits per heavy atom. The average Bonchev–Trinajstić information content (AvgIpc) is 2.86. The molecule has 0 saturated carbocycles. The van der Waals surface area contributed by atoms with Crippen LogP contribution in [0.25, 0.3) is 0 Å². The van der Waals surface area contributed by atoms with Gasteiger partial charge in [0.1, 0.15) is 23.0 Å². The molecule has 0 radical (unpaired) electrons. The largest absolute Gasteiger partial charge is 0.507 e. The Morgan fingerprint density at radius 3 is 1.00 bits per heavy atom. The second kappa shape index (κ2) is 10.4. The van der Waals surface area contributed by atoms with Crippen molar-refractivity contribution in [3.63, 3.8) is 0 Å². The van der Waals surface area contributed by atoms with E-state index in [9.17, 15) is 20.4 Å². The molecular weight excluding hydrogens is 520 g/mol. The summed E-state index contributed by atoms with van der Waals surface area (Å²) in [7, 11) is 0. The standard InChI is InChI=1S/C38H44O4/c1-21-9-23-11-25-15-29(35(41)31(17-25)37(3,4)5)20-30-16-26(18-32(36(30)42)38(6,7)8)12-24-10-22(2)34(40)28(14-24)19-27(13-23)33(21)39/h9-10,13-18,39-42H,11-12,19-20H2,1-8H3. The molecule has 1 aliphatic rings. The molecule has 0 aromatic heterocycles. The zero-order chi connectivity index (χ0) is 30.7. The Kier molecular flexibility index (Phi) is 7.33. The molecular formula is C38H44O4. The van der Waals surface area contributed by atoms with Gasteiger partial charge in [0.2, 0.25) is 0 Å². The highest BCUT2D eigenvalue weighted by Gasteiger charge is 2.26. The van der Waals surface area contributed by atoms with Crippen LogP contribution in [0, 0.1) is 13.8 Å². The summed E-state index contributed by atoms with van der Waals surface area (Å²) in [4.78, 5) is 0. The fourth-order valence-electron chi connectivity index (χ4n) is 6.36. The van der Waals surface area contributed by atoms with Crippen LogP contribution in [0.5, 0.6) is 23.0 Å². The molecule has 4 heteroatoms. The molecule has 220 valence electrons. The number of aryl methyl sites for hydroxylation is 2. The minimum Gasteiger partial charge on any atom is -0.507 e. The molecule has 8 bridgehead atoms. The lowest BCUT2D eigenvalue weighted by atomic mass is 9.80. The van der Waals surface area contributed by atoms with E-state index in [0.717, 1.165) is 66.8 Å². The Balaban J connectivity index is 1.81. The van der Waals surface area contributed by atoms with Crippen LogP contribution in [0.1, 0.15) is 108 Å². The first kappa shape index (κ1) is 29.6. The Hall–Kier alpha value is -3.92. The summed E-state index contributed by atoms with van der Waals surface area (Å²) in [5.41, 5.74) is 10.1. The van der Waals surface area contributed by atoms with Crippen LogP contribution in [0.3, 0.4) is 0 Å². The summed E-state index contributed by atoms with van der Waals surface area (Å²) >= 11 is 0. The van der Waals surface area contributed by atoms with Gasteiger partial charge in [0, 0.05) is 12.8 Å². The van der Waals surface area contributed by atoms with Gasteiger partial charge in [-0.2, -0.15) is 0 Å². The topological polar surface area (TPSA) is 80.9 Å². The first-order chi connectivity index (χ1) is 19.5. The average molecular weight is 565 g/mol. The molecule has 4 N–H and O–H groups in total. The monoisotopic (exact) mass is 564 g/mol. The van der Waals surface area contributed by atoms with E-state index in [2.05, 4.69) is 65.8 Å². The zero-order valence-electron chi connectivity index (χ0n) is 26.2. The summed E-state index contributed by atoms with van der Waals surface area (Å²) in [5, 5.41) is 45.2. The van der Waals surface area contributed by atoms with Crippen LogP contribution in [0.15, 0.2) is 48.5 Å². The van der Waals surface area contributed by atoms with E-state index in [1.165, 1.54) is 0 Å². The molecule has 0 atom stereocenters. The Bertz CT molecular complexity index is 1570. The van der Waals surface area contributed by atoms with E-state index in [0.29, 0.717) is 25.7 Å². The van der Waals surface area contributed by atoms with Crippen LogP contribution in [-0.2, 0) is 36.5 Å². The van der Waals surface area contributed by atoms with Crippen molar-refractivity contribution in [3.05, 3.63) is 115 Å². The lowest BCUT2D eigenvalue weighted by molar-refractivity contribution is 0.435. The summed E-state index contributed by atoms with van der Waals surface area (Å²) in [6.45, 7) is 16.4. The minimum absolute atomic E-state index is 0.252. The first-order valence-corrected chi connectivity index (χ1v) is 14.8. The number of phenols is 4. The predicted molar refractivity (Wildman–Crippen MR) is 171 cm³/mol. The van der Waals surface area contributed by atoms with Gasteiger partial charge in [-0.15, -0.1) is 0 Å². The maximum atomic E-state index is 11.6. The van der Waals surface area contributed by atoms with Gasteiger partial charge in [-0.3, -0.25) is 0 Å². The van der Waals surface area contributed by atoms with Gasteiger partial charge in [0.25, 0.3) is 0 Å². The number of fused-ring (bicyclic) bond motifs is 8. The quantitative estimate of drug-likeness (QED) is 0.152. The van der Waals surface area contributed by atoms with Gasteiger partial charge in [-0.25, -0.2) is 0 Å². The van der Waals surface area contributed by atoms with Crippen molar-refractivity contribution in [1.29, 1.82) is 0 Å². The second-order valence-electron chi connectivity index (χ2n) is 14.4. The Morgan fingerprint density at radius 1 is 0.405 bits per heavy atom. The van der Waals surface area contributed by atoms with Gasteiger partial charge >= 0.3 is 0 Å². The van der Waals surface area contributed by atoms with Crippen molar-refractivity contribution < 1.29 is 20.4 Å². The van der Waals surface area contributed by atoms with Crippen LogP contribution in [-0.4, -0.2) is 20.4 Å². The third kappa shape index (κ3) is 5.72. The zero-order valence-corrected chi connectivity index (χ0v) is 26.2. The third-order valence-electron chi connectivity index (χ3n) is 8.57. The lowest BCUT2D eigenvalue weighted by Gasteiger charge is -2.26. The summed E-state index contributed by atoms with van der Waals surface area (Å²) < 4.78 is 0. The van der Waals surface area contributed by atoms with E-state index >= 15 is 0 Å². The fraction of sp³-hybridized carbons (Fsp3) is 0.368. The molecule has 0 fully saturated rings. The maximum Gasteiger partial charge on any atom is 0.122 e. The molecule has 42 heavy (non-hydrogen) atoms. The van der Waals surface area contributed by atoms with Crippen molar-refractivity contribution in [2.24, 2.45) is 0 Å². The Labute approximate surface area is 250 Å². The highest BCUT2D eigenvalue weighted by atomic mass is 16.3. The van der Waals surface area contributed by atoms with Gasteiger partial charge in [-0.1, -0.05) is 90.1 Å². The molecule has 4 nitrogen and oxygen atoms in total. The van der Waals surface area contributed by atoms with Crippen LogP contribution in [0.2, 0.25) is 0 Å². The van der Waals surface area contributed by atoms with E-state index in [1.54, 1.807) is 0 Å². The number of benzene rings is 4. The molecule has 1 aliphatic carbocycles. The smallest absolute Gasteiger partial charge is 0.122 e. The third-order valence-corrected chi connectivity index (χ3v) is 8.57. The van der Waals surface area contributed by atoms with E-state index in [1.807, 2.05) is 38.1 Å². The predicted octanol–water partition coefficient (Wildman–Crippen LogP) is 8.40. The van der Waals surface area contributed by atoms with Gasteiger partial charge in [-0.05, 0) is 104 Å². The SMILES string of the molecule is Cc1cc2cc(c1O)Cc1cc(cc(C)c1O)Cc1cc(c(O)c(C(C)(C)C)c1)Cc1cc(cc(C(C)(C)C)c1O)C2. The highest BCUT2D eigenvalue weighted by molar-refractivity contribution is 5.56. The molecule has 0 aliphatic heterocycles. The van der Waals surface area contributed by atoms with Crippen molar-refractivity contribution in [3.8, 4) is 23.0 Å². The summed E-state index contributed by atoms with van der Waals surface area (Å²) in [6.07, 6.45) is 2.04. The normalized spacial score (nSPS) is 13.7. The van der Waals surface area contributed by atoms with E-state index in [-0.39, 0.29) is 33.8 Å². The van der Waals surface area contributed by atoms with E-state index < -0.39 is 0 Å². The van der Waals surface area contributed by atoms with Gasteiger partial charge in [0.15, 0.2) is 0 Å². The van der Waals surface area contributed by atoms with Crippen molar-refractivity contribution in [1.82, 2.24) is 0 Å². The van der Waals surface area contributed by atoms with Crippen molar-refractivity contribution in [2.45, 2.75) is 91.9 Å². The van der Waals surface area contributed by atoms with Crippen molar-refractivity contribution in [2.75, 3.05) is 0 Å². The number of phenolic OH excluding ortho intramolecular Hbond substituents is 4. The van der Waals surface area contributed by atoms with Gasteiger partial charge in [0.05, 0.1) is 0 Å². The van der Waals surface area contributed by atoms with E-state index in [4.69, 9.17) is 0 Å². The summed E-state index contributed by atoms with van der Waals surface area (Å²) in [6, 6.07) is 16.4. The molecule has 5 rings (SSSR count). The first-order valence-electron chi connectivity index (χ1n) is 14.8. The van der Waals surface area contributed by atoms with Crippen molar-refractivity contribution >= 4 is 0 Å². The maximum absolute atomic E-state index is 11.6. The van der Waals surface area contributed by atoms with Crippen LogP contribution < -0.4 is 0 Å².